The summed E-state index contributed by atoms with van der Waals surface area (Å²) in [5.74, 6) is -1.90. The zero-order valence-corrected chi connectivity index (χ0v) is 15.8. The highest BCUT2D eigenvalue weighted by atomic mass is 19.4. The number of aromatic amines is 1. The van der Waals surface area contributed by atoms with Gasteiger partial charge in [-0.2, -0.15) is 13.2 Å². The SMILES string of the molecule is O=C(c1ccc2c(c1)OCO2)N1CCC(c2ccnc3[nH]ccc23)C(C(F)(F)F)C1. The highest BCUT2D eigenvalue weighted by molar-refractivity contribution is 5.95. The van der Waals surface area contributed by atoms with Gasteiger partial charge in [-0.1, -0.05) is 0 Å². The van der Waals surface area contributed by atoms with Crippen molar-refractivity contribution in [2.75, 3.05) is 19.9 Å². The van der Waals surface area contributed by atoms with Gasteiger partial charge < -0.3 is 19.4 Å². The summed E-state index contributed by atoms with van der Waals surface area (Å²) in [4.78, 5) is 21.3. The fourth-order valence-corrected chi connectivity index (χ4v) is 4.36. The number of nitrogens with one attached hydrogen (secondary N) is 1. The number of alkyl halides is 3. The molecule has 0 radical (unpaired) electrons. The number of hydrogen-bond donors (Lipinski definition) is 1. The maximum Gasteiger partial charge on any atom is 0.394 e. The van der Waals surface area contributed by atoms with Gasteiger partial charge in [0.2, 0.25) is 6.79 Å². The second-order valence-corrected chi connectivity index (χ2v) is 7.50. The molecule has 1 aromatic carbocycles. The van der Waals surface area contributed by atoms with Crippen LogP contribution in [-0.2, 0) is 0 Å². The number of amides is 1. The molecule has 6 nitrogen and oxygen atoms in total. The molecule has 4 heterocycles. The first-order chi connectivity index (χ1) is 14.4. The number of H-pyrrole nitrogens is 1. The third-order valence-corrected chi connectivity index (χ3v) is 5.83. The molecular formula is C21H18F3N3O3. The van der Waals surface area contributed by atoms with Crippen molar-refractivity contribution in [3.8, 4) is 11.5 Å². The number of ether oxygens (including phenoxy) is 2. The largest absolute Gasteiger partial charge is 0.454 e. The summed E-state index contributed by atoms with van der Waals surface area (Å²) < 4.78 is 52.6. The molecule has 2 aromatic heterocycles. The Hall–Kier alpha value is -3.23. The summed E-state index contributed by atoms with van der Waals surface area (Å²) in [5.41, 5.74) is 1.46. The molecule has 2 atom stereocenters. The number of benzene rings is 1. The average Bonchev–Trinajstić information content (AvgIpc) is 3.40. The van der Waals surface area contributed by atoms with E-state index in [1.54, 1.807) is 30.5 Å². The Balaban J connectivity index is 1.44. The molecular weight excluding hydrogens is 399 g/mol. The maximum atomic E-state index is 14.0. The third-order valence-electron chi connectivity index (χ3n) is 5.83. The highest BCUT2D eigenvalue weighted by Crippen LogP contribution is 2.44. The number of hydrogen-bond acceptors (Lipinski definition) is 4. The molecule has 0 spiro atoms. The van der Waals surface area contributed by atoms with Gasteiger partial charge in [0.05, 0.1) is 5.92 Å². The van der Waals surface area contributed by atoms with Crippen molar-refractivity contribution in [2.45, 2.75) is 18.5 Å². The van der Waals surface area contributed by atoms with Crippen LogP contribution in [0.5, 0.6) is 11.5 Å². The number of carbonyl (C=O) groups excluding carboxylic acids is 1. The van der Waals surface area contributed by atoms with Gasteiger partial charge in [0.15, 0.2) is 11.5 Å². The summed E-state index contributed by atoms with van der Waals surface area (Å²) >= 11 is 0. The number of likely N-dealkylation sites (tertiary alicyclic amines) is 1. The van der Waals surface area contributed by atoms with Crippen molar-refractivity contribution in [3.63, 3.8) is 0 Å². The van der Waals surface area contributed by atoms with E-state index in [9.17, 15) is 18.0 Å². The first-order valence-corrected chi connectivity index (χ1v) is 9.59. The van der Waals surface area contributed by atoms with Crippen molar-refractivity contribution in [1.29, 1.82) is 0 Å². The third kappa shape index (κ3) is 3.14. The van der Waals surface area contributed by atoms with E-state index in [0.29, 0.717) is 28.1 Å². The summed E-state index contributed by atoms with van der Waals surface area (Å²) in [7, 11) is 0. The lowest BCUT2D eigenvalue weighted by molar-refractivity contribution is -0.189. The number of nitrogens with zero attached hydrogens (tertiary/aromatic N) is 2. The summed E-state index contributed by atoms with van der Waals surface area (Å²) in [6.45, 7) is -0.0947. The Kier molecular flexibility index (Phi) is 4.34. The van der Waals surface area contributed by atoms with Gasteiger partial charge in [0.25, 0.3) is 5.91 Å². The smallest absolute Gasteiger partial charge is 0.394 e. The lowest BCUT2D eigenvalue weighted by Gasteiger charge is -2.40. The molecule has 0 saturated carbocycles. The van der Waals surface area contributed by atoms with E-state index in [1.165, 1.54) is 17.2 Å². The Morgan fingerprint density at radius 2 is 2.00 bits per heavy atom. The van der Waals surface area contributed by atoms with Crippen molar-refractivity contribution in [2.24, 2.45) is 5.92 Å². The maximum absolute atomic E-state index is 14.0. The first kappa shape index (κ1) is 18.8. The number of rotatable bonds is 2. The first-order valence-electron chi connectivity index (χ1n) is 9.59. The summed E-state index contributed by atoms with van der Waals surface area (Å²) in [5, 5.41) is 0.687. The van der Waals surface area contributed by atoms with Crippen LogP contribution in [0.25, 0.3) is 11.0 Å². The minimum absolute atomic E-state index is 0.0636. The van der Waals surface area contributed by atoms with Crippen LogP contribution < -0.4 is 9.47 Å². The molecule has 9 heteroatoms. The van der Waals surface area contributed by atoms with Crippen molar-refractivity contribution in [1.82, 2.24) is 14.9 Å². The van der Waals surface area contributed by atoms with Crippen LogP contribution in [0, 0.1) is 5.92 Å². The monoisotopic (exact) mass is 417 g/mol. The number of fused-ring (bicyclic) bond motifs is 2. The number of halogens is 3. The quantitative estimate of drug-likeness (QED) is 0.682. The van der Waals surface area contributed by atoms with Gasteiger partial charge >= 0.3 is 6.18 Å². The molecule has 156 valence electrons. The molecule has 30 heavy (non-hydrogen) atoms. The van der Waals surface area contributed by atoms with Crippen LogP contribution in [0.1, 0.15) is 28.3 Å². The zero-order valence-electron chi connectivity index (χ0n) is 15.8. The number of piperidine rings is 1. The molecule has 2 aliphatic rings. The van der Waals surface area contributed by atoms with Crippen LogP contribution in [0.15, 0.2) is 42.7 Å². The van der Waals surface area contributed by atoms with Gasteiger partial charge in [-0.05, 0) is 48.2 Å². The highest BCUT2D eigenvalue weighted by Gasteiger charge is 2.49. The number of pyridine rings is 1. The average molecular weight is 417 g/mol. The van der Waals surface area contributed by atoms with Crippen LogP contribution in [0.4, 0.5) is 13.2 Å². The van der Waals surface area contributed by atoms with E-state index in [1.807, 2.05) is 0 Å². The normalized spacial score (nSPS) is 21.2. The van der Waals surface area contributed by atoms with Gasteiger partial charge in [0, 0.05) is 36.4 Å². The van der Waals surface area contributed by atoms with Gasteiger partial charge in [-0.3, -0.25) is 4.79 Å². The molecule has 2 aliphatic heterocycles. The molecule has 1 N–H and O–H groups in total. The van der Waals surface area contributed by atoms with E-state index >= 15 is 0 Å². The van der Waals surface area contributed by atoms with Crippen LogP contribution in [-0.4, -0.2) is 46.8 Å². The van der Waals surface area contributed by atoms with Crippen LogP contribution in [0.3, 0.4) is 0 Å². The lowest BCUT2D eigenvalue weighted by atomic mass is 9.79. The van der Waals surface area contributed by atoms with Crippen LogP contribution in [0.2, 0.25) is 0 Å². The minimum Gasteiger partial charge on any atom is -0.454 e. The topological polar surface area (TPSA) is 67.5 Å². The van der Waals surface area contributed by atoms with Crippen molar-refractivity contribution < 1.29 is 27.4 Å². The van der Waals surface area contributed by atoms with E-state index in [2.05, 4.69) is 9.97 Å². The van der Waals surface area contributed by atoms with E-state index in [4.69, 9.17) is 9.47 Å². The fourth-order valence-electron chi connectivity index (χ4n) is 4.36. The molecule has 1 fully saturated rings. The molecule has 1 saturated heterocycles. The van der Waals surface area contributed by atoms with E-state index < -0.39 is 30.5 Å². The van der Waals surface area contributed by atoms with E-state index in [0.717, 1.165) is 0 Å². The predicted molar refractivity (Wildman–Crippen MR) is 101 cm³/mol. The predicted octanol–water partition coefficient (Wildman–Crippen LogP) is 4.10. The lowest BCUT2D eigenvalue weighted by Crippen LogP contribution is -2.48. The second kappa shape index (κ2) is 6.93. The fraction of sp³-hybridized carbons (Fsp3) is 0.333. The van der Waals surface area contributed by atoms with Gasteiger partial charge in [0.1, 0.15) is 5.65 Å². The molecule has 2 unspecified atom stereocenters. The Morgan fingerprint density at radius 1 is 1.17 bits per heavy atom. The van der Waals surface area contributed by atoms with Gasteiger partial charge in [-0.25, -0.2) is 4.98 Å². The van der Waals surface area contributed by atoms with Crippen LogP contribution >= 0.6 is 0 Å². The standard InChI is InChI=1S/C21H18F3N3O3/c22-21(23,24)16-10-27(20(28)12-1-2-17-18(9-12)30-11-29-17)8-5-14(16)13-3-6-25-19-15(13)4-7-26-19/h1-4,6-7,9,14,16H,5,8,10-11H2,(H,25,26). The minimum atomic E-state index is -4.44. The van der Waals surface area contributed by atoms with Crippen molar-refractivity contribution in [3.05, 3.63) is 53.9 Å². The second-order valence-electron chi connectivity index (χ2n) is 7.50. The molecule has 0 bridgehead atoms. The van der Waals surface area contributed by atoms with Crippen molar-refractivity contribution >= 4 is 16.9 Å². The Morgan fingerprint density at radius 3 is 2.83 bits per heavy atom. The Bertz CT molecular complexity index is 1110. The molecule has 3 aromatic rings. The zero-order chi connectivity index (χ0) is 20.9. The molecule has 0 aliphatic carbocycles. The molecule has 5 rings (SSSR count). The summed E-state index contributed by atoms with van der Waals surface area (Å²) in [6.07, 6.45) is -1.04. The Labute approximate surface area is 169 Å². The van der Waals surface area contributed by atoms with Gasteiger partial charge in [-0.15, -0.1) is 0 Å². The number of carbonyl (C=O) groups is 1. The number of aromatic nitrogens is 2. The van der Waals surface area contributed by atoms with E-state index in [-0.39, 0.29) is 25.3 Å². The molecule has 1 amide bonds. The summed E-state index contributed by atoms with van der Waals surface area (Å²) in [6, 6.07) is 8.07.